The number of nitrogens with zero attached hydrogens (tertiary/aromatic N) is 3. The Balaban J connectivity index is 1.48. The van der Waals surface area contributed by atoms with Gasteiger partial charge in [-0.3, -0.25) is 4.68 Å². The van der Waals surface area contributed by atoms with Crippen molar-refractivity contribution in [3.8, 4) is 11.5 Å². The molecule has 0 fully saturated rings. The molecule has 1 aliphatic rings. The van der Waals surface area contributed by atoms with Gasteiger partial charge in [0.2, 0.25) is 0 Å². The molecule has 1 aromatic carbocycles. The third kappa shape index (κ3) is 3.08. The number of aryl methyl sites for hydroxylation is 1. The van der Waals surface area contributed by atoms with E-state index in [4.69, 9.17) is 9.47 Å². The van der Waals surface area contributed by atoms with E-state index in [2.05, 4.69) is 27.8 Å². The summed E-state index contributed by atoms with van der Waals surface area (Å²) in [6, 6.07) is 6.11. The van der Waals surface area contributed by atoms with E-state index in [0.29, 0.717) is 13.2 Å². The minimum absolute atomic E-state index is 0.626. The summed E-state index contributed by atoms with van der Waals surface area (Å²) in [6.07, 6.45) is 2.86. The minimum Gasteiger partial charge on any atom is -0.486 e. The van der Waals surface area contributed by atoms with Crippen LogP contribution in [0.3, 0.4) is 0 Å². The first-order chi connectivity index (χ1) is 9.81. The zero-order valence-electron chi connectivity index (χ0n) is 11.5. The first-order valence-electron chi connectivity index (χ1n) is 6.76. The highest BCUT2D eigenvalue weighted by molar-refractivity contribution is 5.43. The molecule has 2 heterocycles. The lowest BCUT2D eigenvalue weighted by Crippen LogP contribution is -2.18. The topological polar surface area (TPSA) is 61.2 Å². The fraction of sp³-hybridized carbons (Fsp3) is 0.429. The molecule has 1 aromatic heterocycles. The number of hydrogen-bond donors (Lipinski definition) is 1. The summed E-state index contributed by atoms with van der Waals surface area (Å²) < 4.78 is 12.8. The highest BCUT2D eigenvalue weighted by Crippen LogP contribution is 2.30. The molecule has 0 radical (unpaired) electrons. The van der Waals surface area contributed by atoms with E-state index < -0.39 is 0 Å². The second-order valence-electron chi connectivity index (χ2n) is 4.79. The van der Waals surface area contributed by atoms with E-state index >= 15 is 0 Å². The molecule has 20 heavy (non-hydrogen) atoms. The van der Waals surface area contributed by atoms with Crippen molar-refractivity contribution < 1.29 is 9.47 Å². The second-order valence-corrected chi connectivity index (χ2v) is 4.79. The number of hydrogen-bond acceptors (Lipinski definition) is 5. The van der Waals surface area contributed by atoms with Gasteiger partial charge in [0.25, 0.3) is 0 Å². The average Bonchev–Trinajstić information content (AvgIpc) is 2.89. The fourth-order valence-corrected chi connectivity index (χ4v) is 2.17. The van der Waals surface area contributed by atoms with Crippen LogP contribution in [0.25, 0.3) is 0 Å². The maximum atomic E-state index is 5.58. The summed E-state index contributed by atoms with van der Waals surface area (Å²) in [6.45, 7) is 2.88. The smallest absolute Gasteiger partial charge is 0.161 e. The Labute approximate surface area is 117 Å². The lowest BCUT2D eigenvalue weighted by molar-refractivity contribution is 0.171. The van der Waals surface area contributed by atoms with E-state index in [1.165, 1.54) is 5.56 Å². The summed E-state index contributed by atoms with van der Waals surface area (Å²) in [5.41, 5.74) is 2.19. The SMILES string of the molecule is Cn1cc(CNCCc2ccc3c(c2)OCCO3)nn1. The zero-order chi connectivity index (χ0) is 13.8. The molecule has 3 rings (SSSR count). The van der Waals surface area contributed by atoms with E-state index in [0.717, 1.165) is 36.7 Å². The van der Waals surface area contributed by atoms with Crippen LogP contribution in [0.15, 0.2) is 24.4 Å². The molecule has 0 spiro atoms. The van der Waals surface area contributed by atoms with Crippen LogP contribution in [0, 0.1) is 0 Å². The number of fused-ring (bicyclic) bond motifs is 1. The Morgan fingerprint density at radius 2 is 2.10 bits per heavy atom. The van der Waals surface area contributed by atoms with Crippen molar-refractivity contribution >= 4 is 0 Å². The number of aromatic nitrogens is 3. The molecule has 0 saturated carbocycles. The van der Waals surface area contributed by atoms with E-state index in [-0.39, 0.29) is 0 Å². The highest BCUT2D eigenvalue weighted by atomic mass is 16.6. The summed E-state index contributed by atoms with van der Waals surface area (Å²) in [5.74, 6) is 1.69. The van der Waals surface area contributed by atoms with Crippen LogP contribution >= 0.6 is 0 Å². The highest BCUT2D eigenvalue weighted by Gasteiger charge is 2.11. The van der Waals surface area contributed by atoms with Gasteiger partial charge in [-0.1, -0.05) is 11.3 Å². The number of rotatable bonds is 5. The van der Waals surface area contributed by atoms with Crippen LogP contribution in [-0.2, 0) is 20.0 Å². The first kappa shape index (κ1) is 12.9. The fourth-order valence-electron chi connectivity index (χ4n) is 2.17. The summed E-state index contributed by atoms with van der Waals surface area (Å²) in [4.78, 5) is 0. The van der Waals surface area contributed by atoms with Crippen molar-refractivity contribution in [3.05, 3.63) is 35.7 Å². The Bertz CT molecular complexity index is 582. The van der Waals surface area contributed by atoms with E-state index in [9.17, 15) is 0 Å². The molecule has 0 atom stereocenters. The van der Waals surface area contributed by atoms with Gasteiger partial charge in [0.15, 0.2) is 11.5 Å². The first-order valence-corrected chi connectivity index (χ1v) is 6.76. The molecule has 106 valence electrons. The van der Waals surface area contributed by atoms with Crippen LogP contribution < -0.4 is 14.8 Å². The molecular weight excluding hydrogens is 256 g/mol. The lowest BCUT2D eigenvalue weighted by Gasteiger charge is -2.18. The maximum Gasteiger partial charge on any atom is 0.161 e. The monoisotopic (exact) mass is 274 g/mol. The maximum absolute atomic E-state index is 5.58. The summed E-state index contributed by atoms with van der Waals surface area (Å²) in [7, 11) is 1.87. The van der Waals surface area contributed by atoms with Gasteiger partial charge >= 0.3 is 0 Å². The molecule has 0 saturated heterocycles. The number of ether oxygens (including phenoxy) is 2. The Kier molecular flexibility index (Phi) is 3.83. The standard InChI is InChI=1S/C14H18N4O2/c1-18-10-12(16-17-18)9-15-5-4-11-2-3-13-14(8-11)20-7-6-19-13/h2-3,8,10,15H,4-7,9H2,1H3. The Hall–Kier alpha value is -2.08. The van der Waals surface area contributed by atoms with E-state index in [1.54, 1.807) is 4.68 Å². The van der Waals surface area contributed by atoms with Crippen LogP contribution in [0.1, 0.15) is 11.3 Å². The van der Waals surface area contributed by atoms with Crippen LogP contribution in [0.5, 0.6) is 11.5 Å². The summed E-state index contributed by atoms with van der Waals surface area (Å²) >= 11 is 0. The average molecular weight is 274 g/mol. The van der Waals surface area contributed by atoms with Crippen molar-refractivity contribution in [2.75, 3.05) is 19.8 Å². The van der Waals surface area contributed by atoms with Gasteiger partial charge in [0.1, 0.15) is 13.2 Å². The van der Waals surface area contributed by atoms with Crippen molar-refractivity contribution in [1.29, 1.82) is 0 Å². The quantitative estimate of drug-likeness (QED) is 0.822. The van der Waals surface area contributed by atoms with Gasteiger partial charge in [-0.2, -0.15) is 0 Å². The molecule has 1 aliphatic heterocycles. The van der Waals surface area contributed by atoms with Crippen LogP contribution in [-0.4, -0.2) is 34.8 Å². The number of nitrogens with one attached hydrogen (secondary N) is 1. The van der Waals surface area contributed by atoms with Gasteiger partial charge in [0, 0.05) is 19.8 Å². The Morgan fingerprint density at radius 1 is 1.25 bits per heavy atom. The normalized spacial score (nSPS) is 13.4. The molecular formula is C14H18N4O2. The molecule has 6 nitrogen and oxygen atoms in total. The summed E-state index contributed by atoms with van der Waals surface area (Å²) in [5, 5.41) is 11.3. The molecule has 0 aliphatic carbocycles. The van der Waals surface area contributed by atoms with Crippen LogP contribution in [0.2, 0.25) is 0 Å². The van der Waals surface area contributed by atoms with Gasteiger partial charge in [-0.25, -0.2) is 0 Å². The minimum atomic E-state index is 0.626. The van der Waals surface area contributed by atoms with E-state index in [1.807, 2.05) is 19.3 Å². The van der Waals surface area contributed by atoms with Gasteiger partial charge < -0.3 is 14.8 Å². The van der Waals surface area contributed by atoms with Gasteiger partial charge in [-0.15, -0.1) is 5.10 Å². The second kappa shape index (κ2) is 5.92. The van der Waals surface area contributed by atoms with Crippen molar-refractivity contribution in [3.63, 3.8) is 0 Å². The molecule has 0 amide bonds. The molecule has 2 aromatic rings. The van der Waals surface area contributed by atoms with Crippen molar-refractivity contribution in [1.82, 2.24) is 20.3 Å². The third-order valence-electron chi connectivity index (χ3n) is 3.15. The van der Waals surface area contributed by atoms with Crippen molar-refractivity contribution in [2.24, 2.45) is 7.05 Å². The molecule has 1 N–H and O–H groups in total. The molecule has 0 bridgehead atoms. The largest absolute Gasteiger partial charge is 0.486 e. The van der Waals surface area contributed by atoms with Gasteiger partial charge in [-0.05, 0) is 30.7 Å². The van der Waals surface area contributed by atoms with Gasteiger partial charge in [0.05, 0.1) is 5.69 Å². The predicted molar refractivity (Wildman–Crippen MR) is 73.8 cm³/mol. The van der Waals surface area contributed by atoms with Crippen molar-refractivity contribution in [2.45, 2.75) is 13.0 Å². The lowest BCUT2D eigenvalue weighted by atomic mass is 10.1. The number of benzene rings is 1. The predicted octanol–water partition coefficient (Wildman–Crippen LogP) is 0.919. The third-order valence-corrected chi connectivity index (χ3v) is 3.15. The Morgan fingerprint density at radius 3 is 2.90 bits per heavy atom. The molecule has 0 unspecified atom stereocenters. The zero-order valence-corrected chi connectivity index (χ0v) is 11.5. The molecule has 6 heteroatoms. The van der Waals surface area contributed by atoms with Crippen LogP contribution in [0.4, 0.5) is 0 Å².